The summed E-state index contributed by atoms with van der Waals surface area (Å²) in [5.74, 6) is 0.228. The Morgan fingerprint density at radius 1 is 1.35 bits per heavy atom. The van der Waals surface area contributed by atoms with Gasteiger partial charge in [0.15, 0.2) is 0 Å². The SMILES string of the molecule is C=Cc1c(C2CCN(C(=O)OC)C2)ccc2c1CN(C(=O)O)C2. The van der Waals surface area contributed by atoms with E-state index in [2.05, 4.69) is 6.58 Å². The van der Waals surface area contributed by atoms with E-state index in [0.717, 1.165) is 28.7 Å². The lowest BCUT2D eigenvalue weighted by Crippen LogP contribution is -2.28. The molecule has 1 aromatic carbocycles. The third kappa shape index (κ3) is 2.65. The number of likely N-dealkylation sites (tertiary alicyclic amines) is 1. The second-order valence-corrected chi connectivity index (χ2v) is 5.95. The average Bonchev–Trinajstić information content (AvgIpc) is 3.19. The predicted octanol–water partition coefficient (Wildman–Crippen LogP) is 2.88. The number of ether oxygens (including phenoxy) is 1. The van der Waals surface area contributed by atoms with Crippen molar-refractivity contribution in [3.63, 3.8) is 0 Å². The topological polar surface area (TPSA) is 70.1 Å². The van der Waals surface area contributed by atoms with Gasteiger partial charge in [-0.25, -0.2) is 9.59 Å². The molecule has 0 radical (unpaired) electrons. The van der Waals surface area contributed by atoms with Crippen molar-refractivity contribution in [1.29, 1.82) is 0 Å². The normalized spacial score (nSPS) is 19.6. The number of methoxy groups -OCH3 is 1. The van der Waals surface area contributed by atoms with Gasteiger partial charge in [-0.05, 0) is 28.7 Å². The van der Waals surface area contributed by atoms with E-state index in [1.54, 1.807) is 11.0 Å². The highest BCUT2D eigenvalue weighted by Crippen LogP contribution is 2.36. The van der Waals surface area contributed by atoms with Crippen molar-refractivity contribution in [3.05, 3.63) is 41.0 Å². The quantitative estimate of drug-likeness (QED) is 0.911. The first-order valence-electron chi connectivity index (χ1n) is 7.63. The molecule has 0 aliphatic carbocycles. The molecule has 1 aromatic rings. The van der Waals surface area contributed by atoms with Crippen LogP contribution in [0.5, 0.6) is 0 Å². The first kappa shape index (κ1) is 15.4. The first-order chi connectivity index (χ1) is 11.0. The monoisotopic (exact) mass is 316 g/mol. The average molecular weight is 316 g/mol. The Labute approximate surface area is 134 Å². The number of carboxylic acid groups (broad SMARTS) is 1. The Bertz CT molecular complexity index is 671. The minimum absolute atomic E-state index is 0.228. The van der Waals surface area contributed by atoms with E-state index < -0.39 is 6.09 Å². The number of hydrogen-bond donors (Lipinski definition) is 1. The third-order valence-corrected chi connectivity index (χ3v) is 4.73. The van der Waals surface area contributed by atoms with Crippen LogP contribution in [0.25, 0.3) is 6.08 Å². The van der Waals surface area contributed by atoms with Gasteiger partial charge in [-0.3, -0.25) is 4.90 Å². The third-order valence-electron chi connectivity index (χ3n) is 4.73. The molecule has 2 heterocycles. The van der Waals surface area contributed by atoms with Crippen molar-refractivity contribution in [2.24, 2.45) is 0 Å². The molecule has 0 saturated carbocycles. The summed E-state index contributed by atoms with van der Waals surface area (Å²) in [6, 6.07) is 4.05. The van der Waals surface area contributed by atoms with Gasteiger partial charge in [0, 0.05) is 25.6 Å². The number of amides is 2. The zero-order chi connectivity index (χ0) is 16.6. The standard InChI is InChI=1S/C17H20N2O4/c1-3-13-14(12-6-7-18(8-12)17(22)23-2)5-4-11-9-19(16(20)21)10-15(11)13/h3-5,12H,1,6-10H2,2H3,(H,20,21). The van der Waals surface area contributed by atoms with E-state index in [4.69, 9.17) is 4.74 Å². The van der Waals surface area contributed by atoms with Crippen LogP contribution in [-0.2, 0) is 17.8 Å². The summed E-state index contributed by atoms with van der Waals surface area (Å²) in [5.41, 5.74) is 4.23. The number of nitrogens with zero attached hydrogens (tertiary/aromatic N) is 2. The van der Waals surface area contributed by atoms with Gasteiger partial charge in [0.05, 0.1) is 13.7 Å². The zero-order valence-electron chi connectivity index (χ0n) is 13.1. The van der Waals surface area contributed by atoms with E-state index in [0.29, 0.717) is 26.2 Å². The molecule has 23 heavy (non-hydrogen) atoms. The highest BCUT2D eigenvalue weighted by atomic mass is 16.5. The molecule has 1 N–H and O–H groups in total. The minimum Gasteiger partial charge on any atom is -0.465 e. The van der Waals surface area contributed by atoms with Crippen molar-refractivity contribution in [2.45, 2.75) is 25.4 Å². The molecule has 0 spiro atoms. The molecule has 1 unspecified atom stereocenters. The number of benzene rings is 1. The molecule has 1 saturated heterocycles. The largest absolute Gasteiger partial charge is 0.465 e. The van der Waals surface area contributed by atoms with E-state index in [-0.39, 0.29) is 12.0 Å². The predicted molar refractivity (Wildman–Crippen MR) is 85.1 cm³/mol. The number of hydrogen-bond acceptors (Lipinski definition) is 3. The van der Waals surface area contributed by atoms with Crippen LogP contribution in [0, 0.1) is 0 Å². The highest BCUT2D eigenvalue weighted by molar-refractivity contribution is 5.70. The van der Waals surface area contributed by atoms with Crippen LogP contribution in [0.2, 0.25) is 0 Å². The zero-order valence-corrected chi connectivity index (χ0v) is 13.1. The van der Waals surface area contributed by atoms with Crippen molar-refractivity contribution in [3.8, 4) is 0 Å². The van der Waals surface area contributed by atoms with Crippen molar-refractivity contribution < 1.29 is 19.4 Å². The maximum Gasteiger partial charge on any atom is 0.409 e. The lowest BCUT2D eigenvalue weighted by atomic mass is 9.89. The Balaban J connectivity index is 1.88. The Morgan fingerprint density at radius 2 is 2.13 bits per heavy atom. The summed E-state index contributed by atoms with van der Waals surface area (Å²) in [4.78, 5) is 26.0. The molecular weight excluding hydrogens is 296 g/mol. The van der Waals surface area contributed by atoms with Crippen LogP contribution < -0.4 is 0 Å². The summed E-state index contributed by atoms with van der Waals surface area (Å²) in [5, 5.41) is 9.19. The number of rotatable bonds is 2. The summed E-state index contributed by atoms with van der Waals surface area (Å²) >= 11 is 0. The van der Waals surface area contributed by atoms with Crippen molar-refractivity contribution in [2.75, 3.05) is 20.2 Å². The highest BCUT2D eigenvalue weighted by Gasteiger charge is 2.32. The first-order valence-corrected chi connectivity index (χ1v) is 7.63. The maximum absolute atomic E-state index is 11.7. The van der Waals surface area contributed by atoms with Gasteiger partial charge in [0.1, 0.15) is 0 Å². The second kappa shape index (κ2) is 5.95. The molecular formula is C17H20N2O4. The van der Waals surface area contributed by atoms with Crippen molar-refractivity contribution >= 4 is 18.3 Å². The van der Waals surface area contributed by atoms with E-state index in [1.165, 1.54) is 12.0 Å². The lowest BCUT2D eigenvalue weighted by molar-refractivity contribution is 0.132. The Hall–Kier alpha value is -2.50. The number of fused-ring (bicyclic) bond motifs is 1. The molecule has 2 amide bonds. The Kier molecular flexibility index (Phi) is 3.98. The summed E-state index contributed by atoms with van der Waals surface area (Å²) < 4.78 is 4.78. The summed E-state index contributed by atoms with van der Waals surface area (Å²) in [6.07, 6.45) is 1.47. The van der Waals surface area contributed by atoms with Gasteiger partial charge in [-0.15, -0.1) is 0 Å². The molecule has 0 aromatic heterocycles. The van der Waals surface area contributed by atoms with Gasteiger partial charge in [0.2, 0.25) is 0 Å². The van der Waals surface area contributed by atoms with Gasteiger partial charge >= 0.3 is 12.2 Å². The molecule has 0 bridgehead atoms. The van der Waals surface area contributed by atoms with Crippen LogP contribution in [0.1, 0.15) is 34.6 Å². The van der Waals surface area contributed by atoms with Crippen LogP contribution in [0.15, 0.2) is 18.7 Å². The van der Waals surface area contributed by atoms with Gasteiger partial charge < -0.3 is 14.7 Å². The summed E-state index contributed by atoms with van der Waals surface area (Å²) in [7, 11) is 1.39. The van der Waals surface area contributed by atoms with Crippen LogP contribution in [0.3, 0.4) is 0 Å². The number of carbonyl (C=O) groups excluding carboxylic acids is 1. The second-order valence-electron chi connectivity index (χ2n) is 5.95. The van der Waals surface area contributed by atoms with Crippen LogP contribution in [0.4, 0.5) is 9.59 Å². The molecule has 1 atom stereocenters. The molecule has 1 fully saturated rings. The molecule has 3 rings (SSSR count). The fourth-order valence-electron chi connectivity index (χ4n) is 3.56. The maximum atomic E-state index is 11.7. The van der Waals surface area contributed by atoms with Gasteiger partial charge in [-0.2, -0.15) is 0 Å². The van der Waals surface area contributed by atoms with E-state index >= 15 is 0 Å². The van der Waals surface area contributed by atoms with E-state index in [1.807, 2.05) is 12.1 Å². The van der Waals surface area contributed by atoms with Gasteiger partial charge in [0.25, 0.3) is 0 Å². The molecule has 6 nitrogen and oxygen atoms in total. The summed E-state index contributed by atoms with van der Waals surface area (Å²) in [6.45, 7) is 6.02. The molecule has 122 valence electrons. The molecule has 6 heteroatoms. The van der Waals surface area contributed by atoms with Crippen LogP contribution >= 0.6 is 0 Å². The fourth-order valence-corrected chi connectivity index (χ4v) is 3.56. The minimum atomic E-state index is -0.907. The smallest absolute Gasteiger partial charge is 0.409 e. The van der Waals surface area contributed by atoms with Crippen LogP contribution in [-0.4, -0.2) is 47.3 Å². The lowest BCUT2D eigenvalue weighted by Gasteiger charge is -2.18. The van der Waals surface area contributed by atoms with E-state index in [9.17, 15) is 14.7 Å². The van der Waals surface area contributed by atoms with Crippen molar-refractivity contribution in [1.82, 2.24) is 9.80 Å². The van der Waals surface area contributed by atoms with Gasteiger partial charge in [-0.1, -0.05) is 24.8 Å². The molecule has 2 aliphatic rings. The molecule has 2 aliphatic heterocycles. The number of carbonyl (C=O) groups is 2. The fraction of sp³-hybridized carbons (Fsp3) is 0.412. The Morgan fingerprint density at radius 3 is 2.78 bits per heavy atom.